The number of nitrogens with one attached hydrogen (secondary N) is 1. The predicted molar refractivity (Wildman–Crippen MR) is 179 cm³/mol. The van der Waals surface area contributed by atoms with Crippen LogP contribution in [0.3, 0.4) is 0 Å². The molecule has 3 rings (SSSR count). The average molecular weight is 592 g/mol. The zero-order valence-corrected chi connectivity index (χ0v) is 27.3. The van der Waals surface area contributed by atoms with Gasteiger partial charge in [-0.3, -0.25) is 4.79 Å². The molecule has 0 saturated carbocycles. The molecule has 0 spiro atoms. The van der Waals surface area contributed by atoms with Gasteiger partial charge in [0.1, 0.15) is 5.82 Å². The number of methoxy groups -OCH3 is 2. The quantitative estimate of drug-likeness (QED) is 0.105. The highest BCUT2D eigenvalue weighted by molar-refractivity contribution is 5.79. The van der Waals surface area contributed by atoms with E-state index in [2.05, 4.69) is 35.0 Å². The molecule has 1 aromatic heterocycles. The number of para-hydroxylation sites is 2. The Hall–Kier alpha value is -3.02. The first kappa shape index (κ1) is 34.5. The molecular formula is C37H57N3O3. The second kappa shape index (κ2) is 20.8. The van der Waals surface area contributed by atoms with Gasteiger partial charge in [0.25, 0.3) is 0 Å². The van der Waals surface area contributed by atoms with Crippen molar-refractivity contribution in [1.82, 2.24) is 14.9 Å². The average Bonchev–Trinajstić information content (AvgIpc) is 3.37. The highest BCUT2D eigenvalue weighted by Crippen LogP contribution is 2.27. The Balaban J connectivity index is 1.31. The van der Waals surface area contributed by atoms with Crippen molar-refractivity contribution in [2.45, 2.75) is 129 Å². The van der Waals surface area contributed by atoms with Crippen molar-refractivity contribution in [1.29, 1.82) is 0 Å². The van der Waals surface area contributed by atoms with E-state index < -0.39 is 0 Å². The van der Waals surface area contributed by atoms with Gasteiger partial charge in [-0.1, -0.05) is 121 Å². The van der Waals surface area contributed by atoms with Crippen LogP contribution >= 0.6 is 0 Å². The van der Waals surface area contributed by atoms with Crippen LogP contribution in [0.15, 0.2) is 42.5 Å². The largest absolute Gasteiger partial charge is 0.493 e. The normalized spacial score (nSPS) is 11.2. The van der Waals surface area contributed by atoms with Crippen LogP contribution in [0.5, 0.6) is 11.5 Å². The van der Waals surface area contributed by atoms with Crippen LogP contribution in [0.1, 0.15) is 121 Å². The van der Waals surface area contributed by atoms with Gasteiger partial charge in [0.05, 0.1) is 31.7 Å². The smallest absolute Gasteiger partial charge is 0.224 e. The molecule has 0 aliphatic rings. The van der Waals surface area contributed by atoms with Gasteiger partial charge in [0, 0.05) is 19.5 Å². The van der Waals surface area contributed by atoms with E-state index in [-0.39, 0.29) is 5.91 Å². The van der Waals surface area contributed by atoms with Gasteiger partial charge in [0.15, 0.2) is 11.5 Å². The molecule has 0 aliphatic carbocycles. The highest BCUT2D eigenvalue weighted by Gasteiger charge is 2.12. The Morgan fingerprint density at radius 2 is 1.33 bits per heavy atom. The standard InChI is InChI=1S/C37H57N3O3/c1-4-5-6-7-8-9-10-11-12-13-14-15-16-17-18-21-28-40-33-23-20-19-22-32(33)39-36(40)26-27-38-37(41)30-31-24-25-34(42-2)35(29-31)43-3/h19-20,22-25,29H,4-18,21,26-28,30H2,1-3H3,(H,38,41). The second-order valence-electron chi connectivity index (χ2n) is 11.9. The lowest BCUT2D eigenvalue weighted by atomic mass is 10.0. The van der Waals surface area contributed by atoms with Crippen molar-refractivity contribution in [3.05, 3.63) is 53.9 Å². The van der Waals surface area contributed by atoms with E-state index in [4.69, 9.17) is 14.5 Å². The lowest BCUT2D eigenvalue weighted by Crippen LogP contribution is -2.28. The van der Waals surface area contributed by atoms with E-state index in [0.29, 0.717) is 30.9 Å². The number of hydrogen-bond donors (Lipinski definition) is 1. The van der Waals surface area contributed by atoms with Crippen LogP contribution in [-0.2, 0) is 24.2 Å². The molecule has 1 N–H and O–H groups in total. The van der Waals surface area contributed by atoms with Crippen LogP contribution in [0.2, 0.25) is 0 Å². The Kier molecular flexibility index (Phi) is 16.7. The van der Waals surface area contributed by atoms with Gasteiger partial charge in [-0.05, 0) is 36.2 Å². The van der Waals surface area contributed by atoms with Crippen molar-refractivity contribution >= 4 is 16.9 Å². The summed E-state index contributed by atoms with van der Waals surface area (Å²) in [6, 6.07) is 14.0. The maximum Gasteiger partial charge on any atom is 0.224 e. The summed E-state index contributed by atoms with van der Waals surface area (Å²) in [4.78, 5) is 17.5. The molecule has 1 heterocycles. The highest BCUT2D eigenvalue weighted by atomic mass is 16.5. The number of benzene rings is 2. The van der Waals surface area contributed by atoms with Crippen LogP contribution in [-0.4, -0.2) is 36.2 Å². The molecule has 0 aliphatic heterocycles. The molecule has 6 nitrogen and oxygen atoms in total. The van der Waals surface area contributed by atoms with Crippen LogP contribution in [0, 0.1) is 0 Å². The van der Waals surface area contributed by atoms with Gasteiger partial charge >= 0.3 is 0 Å². The minimum Gasteiger partial charge on any atom is -0.493 e. The van der Waals surface area contributed by atoms with E-state index in [9.17, 15) is 4.79 Å². The van der Waals surface area contributed by atoms with Gasteiger partial charge in [-0.2, -0.15) is 0 Å². The number of unbranched alkanes of at least 4 members (excludes halogenated alkanes) is 15. The van der Waals surface area contributed by atoms with Crippen molar-refractivity contribution in [2.24, 2.45) is 0 Å². The van der Waals surface area contributed by atoms with E-state index in [1.54, 1.807) is 14.2 Å². The molecule has 43 heavy (non-hydrogen) atoms. The number of ether oxygens (including phenoxy) is 2. The van der Waals surface area contributed by atoms with E-state index >= 15 is 0 Å². The summed E-state index contributed by atoms with van der Waals surface area (Å²) >= 11 is 0. The van der Waals surface area contributed by atoms with E-state index in [1.165, 1.54) is 102 Å². The van der Waals surface area contributed by atoms with Crippen molar-refractivity contribution < 1.29 is 14.3 Å². The van der Waals surface area contributed by atoms with Gasteiger partial charge < -0.3 is 19.4 Å². The summed E-state index contributed by atoms with van der Waals surface area (Å²) < 4.78 is 13.0. The molecule has 0 fully saturated rings. The maximum absolute atomic E-state index is 12.6. The second-order valence-corrected chi connectivity index (χ2v) is 11.9. The molecule has 6 heteroatoms. The van der Waals surface area contributed by atoms with Crippen molar-refractivity contribution in [2.75, 3.05) is 20.8 Å². The van der Waals surface area contributed by atoms with E-state index in [1.807, 2.05) is 24.3 Å². The first-order valence-corrected chi connectivity index (χ1v) is 17.1. The zero-order valence-electron chi connectivity index (χ0n) is 27.3. The summed E-state index contributed by atoms with van der Waals surface area (Å²) in [6.45, 7) is 3.83. The third-order valence-corrected chi connectivity index (χ3v) is 8.45. The lowest BCUT2D eigenvalue weighted by Gasteiger charge is -2.11. The minimum atomic E-state index is -0.00677. The summed E-state index contributed by atoms with van der Waals surface area (Å²) in [5, 5.41) is 3.08. The first-order chi connectivity index (χ1) is 21.2. The molecule has 3 aromatic rings. The van der Waals surface area contributed by atoms with E-state index in [0.717, 1.165) is 29.9 Å². The number of fused-ring (bicyclic) bond motifs is 1. The van der Waals surface area contributed by atoms with Gasteiger partial charge in [-0.25, -0.2) is 4.98 Å². The molecule has 0 saturated heterocycles. The summed E-state index contributed by atoms with van der Waals surface area (Å²) in [6.07, 6.45) is 23.0. The van der Waals surface area contributed by atoms with Crippen LogP contribution in [0.25, 0.3) is 11.0 Å². The molecule has 1 amide bonds. The molecule has 0 atom stereocenters. The molecular weight excluding hydrogens is 534 g/mol. The number of nitrogens with zero attached hydrogens (tertiary/aromatic N) is 2. The van der Waals surface area contributed by atoms with Gasteiger partial charge in [0.2, 0.25) is 5.91 Å². The number of aromatic nitrogens is 2. The number of hydrogen-bond acceptors (Lipinski definition) is 4. The number of carbonyl (C=O) groups excluding carboxylic acids is 1. The van der Waals surface area contributed by atoms with Gasteiger partial charge in [-0.15, -0.1) is 0 Å². The Bertz CT molecular complexity index is 1190. The van der Waals surface area contributed by atoms with Crippen LogP contribution in [0.4, 0.5) is 0 Å². The third-order valence-electron chi connectivity index (χ3n) is 8.45. The molecule has 2 aromatic carbocycles. The van der Waals surface area contributed by atoms with Crippen molar-refractivity contribution in [3.63, 3.8) is 0 Å². The first-order valence-electron chi connectivity index (χ1n) is 17.1. The number of imidazole rings is 1. The molecule has 0 unspecified atom stereocenters. The summed E-state index contributed by atoms with van der Waals surface area (Å²) in [5.41, 5.74) is 3.12. The SMILES string of the molecule is CCCCCCCCCCCCCCCCCCn1c(CCNC(=O)Cc2ccc(OC)c(OC)c2)nc2ccccc21. The fraction of sp³-hybridized carbons (Fsp3) is 0.622. The lowest BCUT2D eigenvalue weighted by molar-refractivity contribution is -0.120. The van der Waals surface area contributed by atoms with Crippen LogP contribution < -0.4 is 14.8 Å². The Morgan fingerprint density at radius 3 is 1.93 bits per heavy atom. The predicted octanol–water partition coefficient (Wildman–Crippen LogP) is 9.22. The number of carbonyl (C=O) groups is 1. The number of aryl methyl sites for hydroxylation is 1. The monoisotopic (exact) mass is 591 g/mol. The molecule has 0 radical (unpaired) electrons. The maximum atomic E-state index is 12.6. The molecule has 0 bridgehead atoms. The Labute approximate surface area is 261 Å². The topological polar surface area (TPSA) is 65.4 Å². The minimum absolute atomic E-state index is 0.00677. The summed E-state index contributed by atoms with van der Waals surface area (Å²) in [7, 11) is 3.21. The fourth-order valence-corrected chi connectivity index (χ4v) is 5.94. The summed E-state index contributed by atoms with van der Waals surface area (Å²) in [5.74, 6) is 2.34. The fourth-order valence-electron chi connectivity index (χ4n) is 5.94. The van der Waals surface area contributed by atoms with Crippen molar-refractivity contribution in [3.8, 4) is 11.5 Å². The number of rotatable bonds is 24. The molecule has 238 valence electrons. The zero-order chi connectivity index (χ0) is 30.5. The third kappa shape index (κ3) is 12.6. The number of amides is 1. The Morgan fingerprint density at radius 1 is 0.744 bits per heavy atom.